The van der Waals surface area contributed by atoms with Gasteiger partial charge in [0.15, 0.2) is 11.8 Å². The van der Waals surface area contributed by atoms with E-state index in [1.807, 2.05) is 15.9 Å². The van der Waals surface area contributed by atoms with Crippen molar-refractivity contribution in [1.29, 1.82) is 0 Å². The molecule has 0 aliphatic rings. The predicted octanol–water partition coefficient (Wildman–Crippen LogP) is 2.97. The molecule has 0 radical (unpaired) electrons. The Labute approximate surface area is 165 Å². The first-order valence-electron chi connectivity index (χ1n) is 8.09. The molecule has 24 heavy (non-hydrogen) atoms. The van der Waals surface area contributed by atoms with Crippen molar-refractivity contribution in [3.8, 4) is 0 Å². The van der Waals surface area contributed by atoms with Crippen LogP contribution in [-0.4, -0.2) is 33.3 Å². The van der Waals surface area contributed by atoms with E-state index in [-0.39, 0.29) is 24.0 Å². The van der Waals surface area contributed by atoms with E-state index in [1.165, 1.54) is 9.75 Å². The number of nitrogens with one attached hydrogen (secondary N) is 2. The van der Waals surface area contributed by atoms with Crippen LogP contribution in [0.2, 0.25) is 0 Å². The van der Waals surface area contributed by atoms with Crippen molar-refractivity contribution in [2.45, 2.75) is 53.2 Å². The van der Waals surface area contributed by atoms with E-state index < -0.39 is 0 Å². The summed E-state index contributed by atoms with van der Waals surface area (Å²) in [5, 5.41) is 14.8. The van der Waals surface area contributed by atoms with Crippen LogP contribution >= 0.6 is 35.3 Å². The molecule has 0 aliphatic heterocycles. The third kappa shape index (κ3) is 6.39. The average Bonchev–Trinajstić information content (AvgIpc) is 3.13. The molecule has 2 heterocycles. The van der Waals surface area contributed by atoms with E-state index in [0.717, 1.165) is 31.3 Å². The molecule has 8 heteroatoms. The molecule has 0 spiro atoms. The van der Waals surface area contributed by atoms with Crippen LogP contribution in [0.1, 0.15) is 36.3 Å². The number of thiophene rings is 1. The molecule has 1 atom stereocenters. The highest BCUT2D eigenvalue weighted by Crippen LogP contribution is 2.16. The lowest BCUT2D eigenvalue weighted by Gasteiger charge is -2.17. The summed E-state index contributed by atoms with van der Waals surface area (Å²) in [5.74, 6) is 1.70. The van der Waals surface area contributed by atoms with Gasteiger partial charge in [-0.1, -0.05) is 0 Å². The minimum absolute atomic E-state index is 0. The van der Waals surface area contributed by atoms with Crippen LogP contribution in [0.25, 0.3) is 0 Å². The second kappa shape index (κ2) is 10.7. The van der Waals surface area contributed by atoms with Gasteiger partial charge in [-0.2, -0.15) is 0 Å². The van der Waals surface area contributed by atoms with Crippen molar-refractivity contribution >= 4 is 41.3 Å². The fourth-order valence-corrected chi connectivity index (χ4v) is 3.34. The highest BCUT2D eigenvalue weighted by molar-refractivity contribution is 14.0. The van der Waals surface area contributed by atoms with Gasteiger partial charge in [-0.05, 0) is 39.8 Å². The highest BCUT2D eigenvalue weighted by Gasteiger charge is 2.08. The van der Waals surface area contributed by atoms with Crippen molar-refractivity contribution in [1.82, 2.24) is 25.4 Å². The minimum Gasteiger partial charge on any atom is -0.357 e. The van der Waals surface area contributed by atoms with Gasteiger partial charge in [0.05, 0.1) is 0 Å². The van der Waals surface area contributed by atoms with Gasteiger partial charge in [0.1, 0.15) is 12.9 Å². The van der Waals surface area contributed by atoms with Gasteiger partial charge < -0.3 is 15.2 Å². The first kappa shape index (κ1) is 20.9. The van der Waals surface area contributed by atoms with Crippen molar-refractivity contribution in [3.05, 3.63) is 34.0 Å². The van der Waals surface area contributed by atoms with Crippen LogP contribution in [0, 0.1) is 6.92 Å². The number of halogens is 1. The number of hydrogen-bond acceptors (Lipinski definition) is 4. The zero-order valence-corrected chi connectivity index (χ0v) is 17.9. The Morgan fingerprint density at radius 2 is 2.17 bits per heavy atom. The van der Waals surface area contributed by atoms with Gasteiger partial charge in [0.2, 0.25) is 0 Å². The predicted molar refractivity (Wildman–Crippen MR) is 111 cm³/mol. The van der Waals surface area contributed by atoms with E-state index in [1.54, 1.807) is 6.33 Å². The summed E-state index contributed by atoms with van der Waals surface area (Å²) in [4.78, 5) is 7.37. The van der Waals surface area contributed by atoms with E-state index in [2.05, 4.69) is 65.7 Å². The number of aromatic nitrogens is 3. The zero-order chi connectivity index (χ0) is 16.7. The third-order valence-corrected chi connectivity index (χ3v) is 4.47. The Balaban J connectivity index is 0.00000288. The molecule has 0 aromatic carbocycles. The lowest BCUT2D eigenvalue weighted by molar-refractivity contribution is 0.640. The van der Waals surface area contributed by atoms with Gasteiger partial charge in [-0.15, -0.1) is 45.5 Å². The molecule has 2 aromatic heterocycles. The first-order chi connectivity index (χ1) is 11.1. The molecule has 2 N–H and O–H groups in total. The molecule has 6 nitrogen and oxygen atoms in total. The maximum Gasteiger partial charge on any atom is 0.191 e. The lowest BCUT2D eigenvalue weighted by Crippen LogP contribution is -2.43. The molecule has 2 rings (SSSR count). The van der Waals surface area contributed by atoms with E-state index >= 15 is 0 Å². The van der Waals surface area contributed by atoms with E-state index in [9.17, 15) is 0 Å². The second-order valence-electron chi connectivity index (χ2n) is 5.49. The Hall–Kier alpha value is -1.16. The number of nitrogens with zero attached hydrogens (tertiary/aromatic N) is 4. The maximum absolute atomic E-state index is 4.63. The third-order valence-electron chi connectivity index (χ3n) is 3.45. The maximum atomic E-state index is 4.63. The van der Waals surface area contributed by atoms with Crippen LogP contribution in [0.15, 0.2) is 23.5 Å². The van der Waals surface area contributed by atoms with E-state index in [4.69, 9.17) is 0 Å². The summed E-state index contributed by atoms with van der Waals surface area (Å²) >= 11 is 1.85. The Morgan fingerprint density at radius 3 is 2.79 bits per heavy atom. The summed E-state index contributed by atoms with van der Waals surface area (Å²) in [7, 11) is 0. The molecule has 134 valence electrons. The molecule has 1 unspecified atom stereocenters. The molecule has 0 bridgehead atoms. The number of aryl methyl sites for hydroxylation is 2. The van der Waals surface area contributed by atoms with Crippen LogP contribution in [-0.2, 0) is 19.5 Å². The number of hydrogen-bond donors (Lipinski definition) is 2. The average molecular weight is 462 g/mol. The summed E-state index contributed by atoms with van der Waals surface area (Å²) in [5.41, 5.74) is 0. The fourth-order valence-electron chi connectivity index (χ4n) is 2.32. The molecule has 2 aromatic rings. The SMILES string of the molecule is CCNC(=NCc1nncn1CC)NC(C)Cc1ccc(C)s1.I. The monoisotopic (exact) mass is 462 g/mol. The Bertz CT molecular complexity index is 636. The number of rotatable bonds is 7. The fraction of sp³-hybridized carbons (Fsp3) is 0.562. The smallest absolute Gasteiger partial charge is 0.191 e. The molecule has 0 aliphatic carbocycles. The number of guanidine groups is 1. The van der Waals surface area contributed by atoms with Gasteiger partial charge in [-0.25, -0.2) is 4.99 Å². The molecule has 0 saturated heterocycles. The molecule has 0 amide bonds. The molecular weight excluding hydrogens is 435 g/mol. The van der Waals surface area contributed by atoms with Crippen LogP contribution in [0.3, 0.4) is 0 Å². The molecule has 0 fully saturated rings. The van der Waals surface area contributed by atoms with Gasteiger partial charge in [-0.3, -0.25) is 0 Å². The summed E-state index contributed by atoms with van der Waals surface area (Å²) < 4.78 is 2.00. The standard InChI is InChI=1S/C16H26N6S.HI/c1-5-17-16(18-10-15-21-19-11-22(15)6-2)20-12(3)9-14-8-7-13(4)23-14;/h7-8,11-12H,5-6,9-10H2,1-4H3,(H2,17,18,20);1H. The zero-order valence-electron chi connectivity index (χ0n) is 14.7. The van der Waals surface area contributed by atoms with Gasteiger partial charge in [0.25, 0.3) is 0 Å². The highest BCUT2D eigenvalue weighted by atomic mass is 127. The number of aliphatic imine (C=N–C) groups is 1. The summed E-state index contributed by atoms with van der Waals surface area (Å²) in [6, 6.07) is 4.69. The largest absolute Gasteiger partial charge is 0.357 e. The van der Waals surface area contributed by atoms with Crippen LogP contribution in [0.4, 0.5) is 0 Å². The Kier molecular flexibility index (Phi) is 9.27. The van der Waals surface area contributed by atoms with Gasteiger partial charge >= 0.3 is 0 Å². The summed E-state index contributed by atoms with van der Waals surface area (Å²) in [6.45, 7) is 10.7. The topological polar surface area (TPSA) is 67.1 Å². The summed E-state index contributed by atoms with van der Waals surface area (Å²) in [6.07, 6.45) is 2.74. The van der Waals surface area contributed by atoms with Crippen LogP contribution in [0.5, 0.6) is 0 Å². The molecular formula is C16H27IN6S. The minimum atomic E-state index is 0. The van der Waals surface area contributed by atoms with Crippen molar-refractivity contribution in [2.75, 3.05) is 6.54 Å². The molecule has 0 saturated carbocycles. The van der Waals surface area contributed by atoms with E-state index in [0.29, 0.717) is 12.6 Å². The van der Waals surface area contributed by atoms with Gasteiger partial charge in [0, 0.05) is 35.3 Å². The van der Waals surface area contributed by atoms with Crippen molar-refractivity contribution < 1.29 is 0 Å². The second-order valence-corrected chi connectivity index (χ2v) is 6.86. The van der Waals surface area contributed by atoms with Crippen LogP contribution < -0.4 is 10.6 Å². The van der Waals surface area contributed by atoms with Crippen molar-refractivity contribution in [2.24, 2.45) is 4.99 Å². The first-order valence-corrected chi connectivity index (χ1v) is 8.90. The van der Waals surface area contributed by atoms with Crippen molar-refractivity contribution in [3.63, 3.8) is 0 Å². The Morgan fingerprint density at radius 1 is 1.38 bits per heavy atom. The normalized spacial score (nSPS) is 12.6. The lowest BCUT2D eigenvalue weighted by atomic mass is 10.2. The quantitative estimate of drug-likeness (QED) is 0.377.